The summed E-state index contributed by atoms with van der Waals surface area (Å²) in [5.41, 5.74) is 0.264. The smallest absolute Gasteiger partial charge is 0.220 e. The number of likely N-dealkylation sites (tertiary alicyclic amines) is 1. The van der Waals surface area contributed by atoms with E-state index in [2.05, 4.69) is 0 Å². The molecule has 0 N–H and O–H groups in total. The van der Waals surface area contributed by atoms with E-state index in [-0.39, 0.29) is 23.1 Å². The third-order valence-corrected chi connectivity index (χ3v) is 4.30. The number of ketones is 1. The van der Waals surface area contributed by atoms with Gasteiger partial charge in [0.1, 0.15) is 0 Å². The van der Waals surface area contributed by atoms with Crippen molar-refractivity contribution in [2.24, 2.45) is 5.41 Å². The molecule has 3 heteroatoms. The van der Waals surface area contributed by atoms with E-state index in [1.165, 1.54) is 32.1 Å². The summed E-state index contributed by atoms with van der Waals surface area (Å²) in [6, 6.07) is -0.143. The van der Waals surface area contributed by atoms with E-state index >= 15 is 0 Å². The van der Waals surface area contributed by atoms with E-state index in [9.17, 15) is 9.59 Å². The molecular formula is C13H21NO2. The maximum atomic E-state index is 11.6. The van der Waals surface area contributed by atoms with Gasteiger partial charge in [-0.3, -0.25) is 9.59 Å². The van der Waals surface area contributed by atoms with Crippen LogP contribution in [0.1, 0.15) is 52.4 Å². The predicted octanol–water partition coefficient (Wildman–Crippen LogP) is 2.15. The summed E-state index contributed by atoms with van der Waals surface area (Å²) in [5, 5.41) is 0. The molecule has 1 aliphatic heterocycles. The van der Waals surface area contributed by atoms with Gasteiger partial charge in [0.15, 0.2) is 5.78 Å². The molecule has 1 spiro atoms. The summed E-state index contributed by atoms with van der Waals surface area (Å²) in [5.74, 6) is 0.209. The van der Waals surface area contributed by atoms with Gasteiger partial charge in [-0.15, -0.1) is 0 Å². The van der Waals surface area contributed by atoms with Crippen LogP contribution in [0.3, 0.4) is 0 Å². The summed E-state index contributed by atoms with van der Waals surface area (Å²) in [7, 11) is 0. The topological polar surface area (TPSA) is 37.4 Å². The maximum Gasteiger partial charge on any atom is 0.220 e. The van der Waals surface area contributed by atoms with Crippen molar-refractivity contribution < 1.29 is 9.59 Å². The van der Waals surface area contributed by atoms with Crippen molar-refractivity contribution in [3.63, 3.8) is 0 Å². The zero-order valence-electron chi connectivity index (χ0n) is 10.3. The van der Waals surface area contributed by atoms with Crippen LogP contribution in [0.2, 0.25) is 0 Å². The highest BCUT2D eigenvalue weighted by atomic mass is 16.2. The van der Waals surface area contributed by atoms with Gasteiger partial charge in [-0.1, -0.05) is 19.3 Å². The molecule has 1 atom stereocenters. The molecule has 0 aromatic rings. The van der Waals surface area contributed by atoms with Crippen LogP contribution in [0, 0.1) is 5.41 Å². The molecule has 0 aromatic carbocycles. The highest BCUT2D eigenvalue weighted by Gasteiger charge is 2.46. The van der Waals surface area contributed by atoms with E-state index in [4.69, 9.17) is 0 Å². The van der Waals surface area contributed by atoms with Crippen molar-refractivity contribution >= 4 is 11.7 Å². The fourth-order valence-electron chi connectivity index (χ4n) is 3.41. The molecule has 90 valence electrons. The fourth-order valence-corrected chi connectivity index (χ4v) is 3.41. The normalized spacial score (nSPS) is 28.4. The molecule has 16 heavy (non-hydrogen) atoms. The van der Waals surface area contributed by atoms with Gasteiger partial charge in [-0.25, -0.2) is 0 Å². The van der Waals surface area contributed by atoms with E-state index in [1.54, 1.807) is 18.7 Å². The lowest BCUT2D eigenvalue weighted by atomic mass is 9.72. The zero-order valence-corrected chi connectivity index (χ0v) is 10.3. The lowest BCUT2D eigenvalue weighted by Gasteiger charge is -2.32. The summed E-state index contributed by atoms with van der Waals surface area (Å²) in [4.78, 5) is 25.0. The number of carbonyl (C=O) groups is 2. The number of hydrogen-bond acceptors (Lipinski definition) is 2. The standard InChI is InChI=1S/C13H21NO2/c1-10(15)12-8-13(6-4-3-5-7-13)9-14(12)11(2)16/h12H,3-9H2,1-2H3. The van der Waals surface area contributed by atoms with Crippen molar-refractivity contribution in [2.75, 3.05) is 6.54 Å². The molecule has 3 nitrogen and oxygen atoms in total. The quantitative estimate of drug-likeness (QED) is 0.683. The van der Waals surface area contributed by atoms with Gasteiger partial charge in [0, 0.05) is 13.5 Å². The minimum atomic E-state index is -0.143. The fraction of sp³-hybridized carbons (Fsp3) is 0.846. The first kappa shape index (κ1) is 11.6. The average molecular weight is 223 g/mol. The largest absolute Gasteiger partial charge is 0.332 e. The first-order chi connectivity index (χ1) is 7.54. The Morgan fingerprint density at radius 1 is 1.12 bits per heavy atom. The zero-order chi connectivity index (χ0) is 11.8. The Balaban J connectivity index is 2.16. The van der Waals surface area contributed by atoms with Crippen LogP contribution in [0.4, 0.5) is 0 Å². The molecule has 1 aliphatic carbocycles. The van der Waals surface area contributed by atoms with Crippen LogP contribution in [-0.2, 0) is 9.59 Å². The van der Waals surface area contributed by atoms with Crippen molar-refractivity contribution in [1.29, 1.82) is 0 Å². The second kappa shape index (κ2) is 4.19. The lowest BCUT2D eigenvalue weighted by molar-refractivity contribution is -0.135. The molecule has 1 saturated carbocycles. The molecule has 1 heterocycles. The number of carbonyl (C=O) groups excluding carboxylic acids is 2. The van der Waals surface area contributed by atoms with Gasteiger partial charge in [0.05, 0.1) is 6.04 Å². The minimum absolute atomic E-state index is 0.0580. The molecule has 0 aromatic heterocycles. The lowest BCUT2D eigenvalue weighted by Crippen LogP contribution is -2.38. The Morgan fingerprint density at radius 3 is 2.19 bits per heavy atom. The highest BCUT2D eigenvalue weighted by Crippen LogP contribution is 2.46. The second-order valence-corrected chi connectivity index (χ2v) is 5.54. The van der Waals surface area contributed by atoms with Gasteiger partial charge in [0.25, 0.3) is 0 Å². The Bertz CT molecular complexity index is 281. The Labute approximate surface area is 97.2 Å². The number of hydrogen-bond donors (Lipinski definition) is 0. The first-order valence-electron chi connectivity index (χ1n) is 6.32. The van der Waals surface area contributed by atoms with Crippen molar-refractivity contribution in [3.8, 4) is 0 Å². The SMILES string of the molecule is CC(=O)C1CC2(CCCCC2)CN1C(C)=O. The highest BCUT2D eigenvalue weighted by molar-refractivity contribution is 5.87. The van der Waals surface area contributed by atoms with Crippen LogP contribution < -0.4 is 0 Å². The minimum Gasteiger partial charge on any atom is -0.332 e. The average Bonchev–Trinajstić information content (AvgIpc) is 2.59. The van der Waals surface area contributed by atoms with Crippen LogP contribution in [-0.4, -0.2) is 29.2 Å². The van der Waals surface area contributed by atoms with Crippen LogP contribution in [0.5, 0.6) is 0 Å². The molecule has 1 unspecified atom stereocenters. The van der Waals surface area contributed by atoms with Gasteiger partial charge in [0.2, 0.25) is 5.91 Å². The molecular weight excluding hydrogens is 202 g/mol. The molecule has 1 amide bonds. The Morgan fingerprint density at radius 2 is 1.75 bits per heavy atom. The summed E-state index contributed by atoms with van der Waals surface area (Å²) < 4.78 is 0. The summed E-state index contributed by atoms with van der Waals surface area (Å²) in [6.07, 6.45) is 7.13. The maximum absolute atomic E-state index is 11.6. The van der Waals surface area contributed by atoms with Crippen molar-refractivity contribution in [1.82, 2.24) is 4.90 Å². The van der Waals surface area contributed by atoms with E-state index in [1.807, 2.05) is 0 Å². The van der Waals surface area contributed by atoms with Gasteiger partial charge in [-0.05, 0) is 31.6 Å². The molecule has 2 rings (SSSR count). The van der Waals surface area contributed by atoms with Gasteiger partial charge >= 0.3 is 0 Å². The van der Waals surface area contributed by atoms with Crippen LogP contribution >= 0.6 is 0 Å². The number of amides is 1. The third kappa shape index (κ3) is 2.00. The molecule has 2 fully saturated rings. The van der Waals surface area contributed by atoms with Gasteiger partial charge < -0.3 is 4.90 Å². The number of Topliss-reactive ketones (excluding diaryl/α,β-unsaturated/α-hetero) is 1. The first-order valence-corrected chi connectivity index (χ1v) is 6.32. The summed E-state index contributed by atoms with van der Waals surface area (Å²) >= 11 is 0. The van der Waals surface area contributed by atoms with Gasteiger partial charge in [-0.2, -0.15) is 0 Å². The van der Waals surface area contributed by atoms with Crippen molar-refractivity contribution in [2.45, 2.75) is 58.4 Å². The number of nitrogens with zero attached hydrogens (tertiary/aromatic N) is 1. The van der Waals surface area contributed by atoms with E-state index < -0.39 is 0 Å². The van der Waals surface area contributed by atoms with E-state index in [0.29, 0.717) is 0 Å². The second-order valence-electron chi connectivity index (χ2n) is 5.54. The monoisotopic (exact) mass is 223 g/mol. The number of rotatable bonds is 1. The molecule has 0 radical (unpaired) electrons. The summed E-state index contributed by atoms with van der Waals surface area (Å²) in [6.45, 7) is 4.01. The Hall–Kier alpha value is -0.860. The molecule has 1 saturated heterocycles. The van der Waals surface area contributed by atoms with Crippen LogP contribution in [0.15, 0.2) is 0 Å². The molecule has 2 aliphatic rings. The predicted molar refractivity (Wildman–Crippen MR) is 62.0 cm³/mol. The van der Waals surface area contributed by atoms with Crippen LogP contribution in [0.25, 0.3) is 0 Å². The molecule has 0 bridgehead atoms. The van der Waals surface area contributed by atoms with E-state index in [0.717, 1.165) is 13.0 Å². The third-order valence-electron chi connectivity index (χ3n) is 4.30. The Kier molecular flexibility index (Phi) is 3.04. The van der Waals surface area contributed by atoms with Crippen molar-refractivity contribution in [3.05, 3.63) is 0 Å².